The van der Waals surface area contributed by atoms with Crippen LogP contribution in [0, 0.1) is 17.6 Å². The Bertz CT molecular complexity index is 1540. The number of pyridine rings is 1. The zero-order valence-corrected chi connectivity index (χ0v) is 21.0. The second kappa shape index (κ2) is 9.11. The van der Waals surface area contributed by atoms with Crippen molar-refractivity contribution in [2.45, 2.75) is 37.5 Å². The Kier molecular flexibility index (Phi) is 5.66. The molecule has 11 heteroatoms. The van der Waals surface area contributed by atoms with Crippen molar-refractivity contribution < 1.29 is 32.9 Å². The number of cyclic esters (lactones) is 1. The number of carbonyl (C=O) groups excluding carboxylic acids is 1. The predicted octanol–water partition coefficient (Wildman–Crippen LogP) is 3.60. The number of aliphatic hydroxyl groups excluding tert-OH is 1. The van der Waals surface area contributed by atoms with E-state index in [1.165, 1.54) is 29.2 Å². The quantitative estimate of drug-likeness (QED) is 0.512. The second-order valence-corrected chi connectivity index (χ2v) is 10.7. The van der Waals surface area contributed by atoms with Crippen LogP contribution in [0.2, 0.25) is 0 Å². The largest absolute Gasteiger partial charge is 0.490 e. The predicted molar refractivity (Wildman–Crippen MR) is 138 cm³/mol. The number of aromatic nitrogens is 1. The number of halogens is 2. The van der Waals surface area contributed by atoms with Crippen LogP contribution >= 0.6 is 0 Å². The van der Waals surface area contributed by atoms with Crippen LogP contribution in [0.4, 0.5) is 25.0 Å². The van der Waals surface area contributed by atoms with Gasteiger partial charge in [-0.2, -0.15) is 0 Å². The minimum Gasteiger partial charge on any atom is -0.490 e. The summed E-state index contributed by atoms with van der Waals surface area (Å²) in [6.45, 7) is 0.923. The van der Waals surface area contributed by atoms with Crippen LogP contribution in [-0.4, -0.2) is 60.8 Å². The molecular formula is C28H27F2N3O6. The summed E-state index contributed by atoms with van der Waals surface area (Å²) in [5.41, 5.74) is 1.11. The van der Waals surface area contributed by atoms with Gasteiger partial charge in [-0.15, -0.1) is 0 Å². The van der Waals surface area contributed by atoms with Crippen LogP contribution in [0.3, 0.4) is 0 Å². The highest BCUT2D eigenvalue weighted by Crippen LogP contribution is 2.47. The van der Waals surface area contributed by atoms with Crippen molar-refractivity contribution in [2.75, 3.05) is 42.7 Å². The van der Waals surface area contributed by atoms with Crippen molar-refractivity contribution in [3.8, 4) is 11.5 Å². The number of hydrogen-bond donors (Lipinski definition) is 1. The lowest BCUT2D eigenvalue weighted by atomic mass is 10.1. The fourth-order valence-electron chi connectivity index (χ4n) is 5.98. The molecule has 3 atom stereocenters. The van der Waals surface area contributed by atoms with E-state index in [1.54, 1.807) is 12.3 Å². The smallest absolute Gasteiger partial charge is 0.414 e. The van der Waals surface area contributed by atoms with Gasteiger partial charge in [0.2, 0.25) is 0 Å². The fraction of sp³-hybridized carbons (Fsp3) is 0.429. The number of fused-ring (bicyclic) bond motifs is 5. The highest BCUT2D eigenvalue weighted by Gasteiger charge is 2.41. The van der Waals surface area contributed by atoms with Gasteiger partial charge in [-0.1, -0.05) is 0 Å². The van der Waals surface area contributed by atoms with Crippen LogP contribution in [-0.2, 0) is 4.74 Å². The molecule has 2 aromatic carbocycles. The number of hydrogen-bond acceptors (Lipinski definition) is 7. The van der Waals surface area contributed by atoms with Gasteiger partial charge in [0.15, 0.2) is 28.6 Å². The summed E-state index contributed by atoms with van der Waals surface area (Å²) in [5, 5.41) is 9.54. The maximum atomic E-state index is 15.4. The van der Waals surface area contributed by atoms with E-state index in [9.17, 15) is 19.1 Å². The van der Waals surface area contributed by atoms with Gasteiger partial charge in [-0.3, -0.25) is 9.69 Å². The van der Waals surface area contributed by atoms with E-state index in [0.717, 1.165) is 12.8 Å². The van der Waals surface area contributed by atoms with E-state index in [-0.39, 0.29) is 48.9 Å². The highest BCUT2D eigenvalue weighted by atomic mass is 19.1. The van der Waals surface area contributed by atoms with Crippen LogP contribution in [0.1, 0.15) is 25.3 Å². The first kappa shape index (κ1) is 24.2. The molecule has 204 valence electrons. The fourth-order valence-corrected chi connectivity index (χ4v) is 5.98. The van der Waals surface area contributed by atoms with E-state index in [4.69, 9.17) is 14.2 Å². The number of benzene rings is 2. The number of aliphatic hydroxyl groups is 1. The number of carbonyl (C=O) groups is 1. The normalized spacial score (nSPS) is 24.0. The molecule has 1 amide bonds. The van der Waals surface area contributed by atoms with E-state index >= 15 is 4.39 Å². The molecule has 7 rings (SSSR count). The van der Waals surface area contributed by atoms with Crippen molar-refractivity contribution in [3.05, 3.63) is 58.4 Å². The standard InChI is InChI=1S/C28H27F2N3O6/c29-21-8-17(33-11-19(12-34)39-28(33)36)3-4-24(21)37-13-15-7-18-14-38-27-25-20(9-22(30)26(27)32(18)10-15)23(35)5-6-31(25)16-1-2-16/h3-6,8-9,15-16,18-19,34H,1-2,7,10-14H2/t15-,18+,19-/m1/s1. The molecule has 1 aromatic heterocycles. The van der Waals surface area contributed by atoms with Crippen molar-refractivity contribution in [3.63, 3.8) is 0 Å². The summed E-state index contributed by atoms with van der Waals surface area (Å²) in [6, 6.07) is 7.28. The third-order valence-electron chi connectivity index (χ3n) is 8.02. The first-order chi connectivity index (χ1) is 18.9. The third kappa shape index (κ3) is 4.07. The summed E-state index contributed by atoms with van der Waals surface area (Å²) in [7, 11) is 0. The highest BCUT2D eigenvalue weighted by molar-refractivity contribution is 5.92. The number of anilines is 2. The molecule has 4 heterocycles. The molecule has 3 fully saturated rings. The summed E-state index contributed by atoms with van der Waals surface area (Å²) in [5.74, 6) is -0.637. The Balaban J connectivity index is 1.09. The molecule has 1 saturated carbocycles. The summed E-state index contributed by atoms with van der Waals surface area (Å²) < 4.78 is 49.3. The molecule has 39 heavy (non-hydrogen) atoms. The van der Waals surface area contributed by atoms with Crippen molar-refractivity contribution in [1.82, 2.24) is 4.57 Å². The maximum absolute atomic E-state index is 15.4. The Morgan fingerprint density at radius 3 is 2.64 bits per heavy atom. The van der Waals surface area contributed by atoms with Crippen LogP contribution in [0.15, 0.2) is 41.3 Å². The SMILES string of the molecule is O=C1O[C@@H](CO)CN1c1ccc(OC[C@@H]2C[C@H]3COc4c(c(F)cc5c(=O)ccn(C6CC6)c45)N3C2)c(F)c1. The van der Waals surface area contributed by atoms with E-state index < -0.39 is 23.8 Å². The molecule has 0 unspecified atom stereocenters. The van der Waals surface area contributed by atoms with Gasteiger partial charge in [0.1, 0.15) is 18.4 Å². The zero-order chi connectivity index (χ0) is 26.8. The van der Waals surface area contributed by atoms with Crippen LogP contribution < -0.4 is 24.7 Å². The molecule has 9 nitrogen and oxygen atoms in total. The number of rotatable bonds is 6. The zero-order valence-electron chi connectivity index (χ0n) is 21.0. The molecule has 0 radical (unpaired) electrons. The molecule has 0 bridgehead atoms. The molecule has 1 N–H and O–H groups in total. The Hall–Kier alpha value is -3.86. The van der Waals surface area contributed by atoms with Gasteiger partial charge in [-0.25, -0.2) is 13.6 Å². The van der Waals surface area contributed by atoms with Gasteiger partial charge >= 0.3 is 6.09 Å². The van der Waals surface area contributed by atoms with Crippen LogP contribution in [0.25, 0.3) is 10.9 Å². The lowest BCUT2D eigenvalue weighted by molar-refractivity contribution is 0.0963. The van der Waals surface area contributed by atoms with Crippen LogP contribution in [0.5, 0.6) is 11.5 Å². The summed E-state index contributed by atoms with van der Waals surface area (Å²) >= 11 is 0. The number of amides is 1. The Labute approximate surface area is 222 Å². The van der Waals surface area contributed by atoms with Gasteiger partial charge in [-0.05, 0) is 37.5 Å². The average molecular weight is 540 g/mol. The summed E-state index contributed by atoms with van der Waals surface area (Å²) in [4.78, 5) is 27.8. The number of nitrogens with zero attached hydrogens (tertiary/aromatic N) is 3. The topological polar surface area (TPSA) is 93.5 Å². The van der Waals surface area contributed by atoms with Crippen molar-refractivity contribution in [1.29, 1.82) is 0 Å². The van der Waals surface area contributed by atoms with Gasteiger partial charge in [0.25, 0.3) is 0 Å². The monoisotopic (exact) mass is 539 g/mol. The average Bonchev–Trinajstić information content (AvgIpc) is 3.57. The van der Waals surface area contributed by atoms with Crippen molar-refractivity contribution in [2.24, 2.45) is 5.92 Å². The van der Waals surface area contributed by atoms with E-state index in [1.807, 2.05) is 9.47 Å². The molecule has 4 aliphatic rings. The minimum absolute atomic E-state index is 0.000931. The Morgan fingerprint density at radius 1 is 1.05 bits per heavy atom. The minimum atomic E-state index is -0.643. The molecule has 3 aromatic rings. The van der Waals surface area contributed by atoms with Gasteiger partial charge in [0.05, 0.1) is 42.4 Å². The molecule has 0 spiro atoms. The van der Waals surface area contributed by atoms with E-state index in [0.29, 0.717) is 47.6 Å². The molecule has 2 saturated heterocycles. The Morgan fingerprint density at radius 2 is 1.90 bits per heavy atom. The summed E-state index contributed by atoms with van der Waals surface area (Å²) in [6.07, 6.45) is 3.20. The lowest BCUT2D eigenvalue weighted by Gasteiger charge is -2.34. The van der Waals surface area contributed by atoms with Gasteiger partial charge < -0.3 is 28.8 Å². The lowest BCUT2D eigenvalue weighted by Crippen LogP contribution is -2.39. The molecule has 3 aliphatic heterocycles. The molecular weight excluding hydrogens is 512 g/mol. The second-order valence-electron chi connectivity index (χ2n) is 10.7. The first-order valence-electron chi connectivity index (χ1n) is 13.2. The first-order valence-corrected chi connectivity index (χ1v) is 13.2. The van der Waals surface area contributed by atoms with Gasteiger partial charge in [0, 0.05) is 36.8 Å². The van der Waals surface area contributed by atoms with E-state index in [2.05, 4.69) is 0 Å². The third-order valence-corrected chi connectivity index (χ3v) is 8.02. The molecule has 1 aliphatic carbocycles. The number of ether oxygens (including phenoxy) is 3. The maximum Gasteiger partial charge on any atom is 0.414 e. The van der Waals surface area contributed by atoms with Crippen molar-refractivity contribution >= 4 is 28.4 Å².